The second kappa shape index (κ2) is 8.70. The van der Waals surface area contributed by atoms with Gasteiger partial charge in [0.1, 0.15) is 0 Å². The predicted molar refractivity (Wildman–Crippen MR) is 125 cm³/mol. The zero-order valence-corrected chi connectivity index (χ0v) is 19.3. The van der Waals surface area contributed by atoms with Crippen molar-refractivity contribution in [3.8, 4) is 21.7 Å². The van der Waals surface area contributed by atoms with Gasteiger partial charge in [0.05, 0.1) is 15.5 Å². The number of thiazole rings is 1. The molecule has 2 aromatic carbocycles. The van der Waals surface area contributed by atoms with Crippen LogP contribution in [0.3, 0.4) is 0 Å². The van der Waals surface area contributed by atoms with E-state index in [2.05, 4.69) is 0 Å². The Morgan fingerprint density at radius 2 is 1.65 bits per heavy atom. The van der Waals surface area contributed by atoms with E-state index in [1.54, 1.807) is 36.2 Å². The summed E-state index contributed by atoms with van der Waals surface area (Å²) in [6.45, 7) is 0. The summed E-state index contributed by atoms with van der Waals surface area (Å²) in [5.74, 6) is 0.135. The molecule has 1 aromatic heterocycles. The molecule has 0 radical (unpaired) electrons. The van der Waals surface area contributed by atoms with E-state index in [9.17, 15) is 13.2 Å². The van der Waals surface area contributed by atoms with Crippen molar-refractivity contribution in [2.45, 2.75) is 30.6 Å². The fourth-order valence-corrected chi connectivity index (χ4v) is 5.49. The topological polar surface area (TPSA) is 93.4 Å². The Morgan fingerprint density at radius 1 is 1.06 bits per heavy atom. The third kappa shape index (κ3) is 4.67. The van der Waals surface area contributed by atoms with E-state index < -0.39 is 10.0 Å². The number of hydrogen-bond donors (Lipinski definition) is 1. The fraction of sp³-hybridized carbons (Fsp3) is 0.273. The maximum absolute atomic E-state index is 12.9. The minimum Gasteiger partial charge on any atom is -0.291 e. The molecule has 2 N–H and O–H groups in total. The predicted octanol–water partition coefficient (Wildman–Crippen LogP) is 4.93. The van der Waals surface area contributed by atoms with Crippen molar-refractivity contribution in [2.24, 2.45) is 11.1 Å². The van der Waals surface area contributed by atoms with Crippen LogP contribution in [0, 0.1) is 5.92 Å². The third-order valence-electron chi connectivity index (χ3n) is 5.50. The van der Waals surface area contributed by atoms with Gasteiger partial charge < -0.3 is 0 Å². The molecule has 1 amide bonds. The summed E-state index contributed by atoms with van der Waals surface area (Å²) >= 11 is 7.45. The third-order valence-corrected chi connectivity index (χ3v) is 7.86. The molecule has 1 fully saturated rings. The molecule has 1 aliphatic rings. The number of carbonyl (C=O) groups excluding carboxylic acids is 1. The van der Waals surface area contributed by atoms with Gasteiger partial charge in [-0.15, -0.1) is 0 Å². The van der Waals surface area contributed by atoms with Gasteiger partial charge in [-0.3, -0.25) is 9.69 Å². The molecular formula is C22H22ClN3O3S2. The summed E-state index contributed by atoms with van der Waals surface area (Å²) in [7, 11) is -2.01. The standard InChI is InChI=1S/C22H22ClN3O3S2/c1-26(21(27)16-4-2-3-5-16)22-25-19(14-6-10-17(23)11-7-14)20(30-22)15-8-12-18(13-9-15)31(24,28)29/h6-13,16H,2-5H2,1H3,(H2,24,28,29). The van der Waals surface area contributed by atoms with Crippen LogP contribution in [0.15, 0.2) is 53.4 Å². The Hall–Kier alpha value is -2.26. The molecule has 0 atom stereocenters. The van der Waals surface area contributed by atoms with Crippen LogP contribution in [0.5, 0.6) is 0 Å². The van der Waals surface area contributed by atoms with Gasteiger partial charge in [0, 0.05) is 23.6 Å². The lowest BCUT2D eigenvalue weighted by molar-refractivity contribution is -0.121. The van der Waals surface area contributed by atoms with Gasteiger partial charge in [-0.05, 0) is 42.7 Å². The summed E-state index contributed by atoms with van der Waals surface area (Å²) in [6.07, 6.45) is 4.00. The number of primary sulfonamides is 1. The highest BCUT2D eigenvalue weighted by Gasteiger charge is 2.28. The Morgan fingerprint density at radius 3 is 2.23 bits per heavy atom. The monoisotopic (exact) mass is 475 g/mol. The number of benzene rings is 2. The molecule has 1 aliphatic carbocycles. The first-order valence-corrected chi connectivity index (χ1v) is 12.7. The lowest BCUT2D eigenvalue weighted by Crippen LogP contribution is -2.31. The van der Waals surface area contributed by atoms with Crippen molar-refractivity contribution in [2.75, 3.05) is 11.9 Å². The molecule has 4 rings (SSSR count). The Labute approximate surface area is 190 Å². The van der Waals surface area contributed by atoms with E-state index >= 15 is 0 Å². The Balaban J connectivity index is 1.77. The molecule has 1 heterocycles. The van der Waals surface area contributed by atoms with Gasteiger partial charge in [0.25, 0.3) is 0 Å². The molecule has 0 spiro atoms. The SMILES string of the molecule is CN(C(=O)C1CCCC1)c1nc(-c2ccc(Cl)cc2)c(-c2ccc(S(N)(=O)=O)cc2)s1. The summed E-state index contributed by atoms with van der Waals surface area (Å²) in [4.78, 5) is 20.2. The van der Waals surface area contributed by atoms with Gasteiger partial charge in [0.2, 0.25) is 15.9 Å². The lowest BCUT2D eigenvalue weighted by atomic mass is 10.1. The number of halogens is 1. The summed E-state index contributed by atoms with van der Waals surface area (Å²) < 4.78 is 23.2. The molecule has 9 heteroatoms. The first-order valence-electron chi connectivity index (χ1n) is 9.91. The quantitative estimate of drug-likeness (QED) is 0.566. The first-order chi connectivity index (χ1) is 14.7. The second-order valence-corrected chi connectivity index (χ2v) is 10.6. The highest BCUT2D eigenvalue weighted by molar-refractivity contribution is 7.89. The Bertz CT molecular complexity index is 1200. The molecule has 3 aromatic rings. The summed E-state index contributed by atoms with van der Waals surface area (Å²) in [6, 6.07) is 13.7. The number of nitrogens with zero attached hydrogens (tertiary/aromatic N) is 2. The molecule has 6 nitrogen and oxygen atoms in total. The minimum atomic E-state index is -3.78. The van der Waals surface area contributed by atoms with Crippen LogP contribution >= 0.6 is 22.9 Å². The summed E-state index contributed by atoms with van der Waals surface area (Å²) in [5, 5.41) is 6.44. The maximum atomic E-state index is 12.9. The number of aromatic nitrogens is 1. The van der Waals surface area contributed by atoms with E-state index in [4.69, 9.17) is 21.7 Å². The molecule has 0 aliphatic heterocycles. The zero-order chi connectivity index (χ0) is 22.2. The average molecular weight is 476 g/mol. The van der Waals surface area contributed by atoms with Gasteiger partial charge >= 0.3 is 0 Å². The van der Waals surface area contributed by atoms with Crippen LogP contribution in [0.25, 0.3) is 21.7 Å². The van der Waals surface area contributed by atoms with Crippen molar-refractivity contribution in [3.05, 3.63) is 53.6 Å². The number of carbonyl (C=O) groups is 1. The molecular weight excluding hydrogens is 454 g/mol. The van der Waals surface area contributed by atoms with E-state index in [0.29, 0.717) is 15.8 Å². The van der Waals surface area contributed by atoms with Gasteiger partial charge in [0.15, 0.2) is 5.13 Å². The van der Waals surface area contributed by atoms with Crippen LogP contribution in [0.4, 0.5) is 5.13 Å². The zero-order valence-electron chi connectivity index (χ0n) is 16.9. The molecule has 0 unspecified atom stereocenters. The van der Waals surface area contributed by atoms with Crippen LogP contribution in [-0.2, 0) is 14.8 Å². The lowest BCUT2D eigenvalue weighted by Gasteiger charge is -2.17. The number of sulfonamides is 1. The number of rotatable bonds is 5. The van der Waals surface area contributed by atoms with Gasteiger partial charge in [-0.2, -0.15) is 0 Å². The van der Waals surface area contributed by atoms with Gasteiger partial charge in [-0.1, -0.05) is 60.0 Å². The van der Waals surface area contributed by atoms with Gasteiger partial charge in [-0.25, -0.2) is 18.5 Å². The fourth-order valence-electron chi connectivity index (χ4n) is 3.79. The van der Waals surface area contributed by atoms with Crippen LogP contribution < -0.4 is 10.0 Å². The molecule has 0 bridgehead atoms. The molecule has 1 saturated carbocycles. The van der Waals surface area contributed by atoms with Crippen LogP contribution in [0.2, 0.25) is 5.02 Å². The van der Waals surface area contributed by atoms with Crippen molar-refractivity contribution in [1.29, 1.82) is 0 Å². The minimum absolute atomic E-state index is 0.0440. The molecule has 162 valence electrons. The van der Waals surface area contributed by atoms with E-state index in [-0.39, 0.29) is 16.7 Å². The second-order valence-electron chi connectivity index (χ2n) is 7.63. The highest BCUT2D eigenvalue weighted by Crippen LogP contribution is 2.41. The number of hydrogen-bond acceptors (Lipinski definition) is 5. The Kier molecular flexibility index (Phi) is 6.16. The van der Waals surface area contributed by atoms with E-state index in [0.717, 1.165) is 41.7 Å². The largest absolute Gasteiger partial charge is 0.291 e. The van der Waals surface area contributed by atoms with E-state index in [1.807, 2.05) is 12.1 Å². The average Bonchev–Trinajstić information content (AvgIpc) is 3.43. The normalized spacial score (nSPS) is 14.7. The first kappa shape index (κ1) is 22.0. The van der Waals surface area contributed by atoms with Crippen molar-refractivity contribution >= 4 is 44.0 Å². The summed E-state index contributed by atoms with van der Waals surface area (Å²) in [5.41, 5.74) is 2.37. The smallest absolute Gasteiger partial charge is 0.238 e. The van der Waals surface area contributed by atoms with Crippen molar-refractivity contribution in [3.63, 3.8) is 0 Å². The number of amides is 1. The molecule has 31 heavy (non-hydrogen) atoms. The van der Waals surface area contributed by atoms with Crippen LogP contribution in [0.1, 0.15) is 25.7 Å². The van der Waals surface area contributed by atoms with Crippen LogP contribution in [-0.4, -0.2) is 26.4 Å². The van der Waals surface area contributed by atoms with Crippen molar-refractivity contribution < 1.29 is 13.2 Å². The highest BCUT2D eigenvalue weighted by atomic mass is 35.5. The number of nitrogens with two attached hydrogens (primary N) is 1. The number of anilines is 1. The molecule has 0 saturated heterocycles. The van der Waals surface area contributed by atoms with E-state index in [1.165, 1.54) is 23.5 Å². The maximum Gasteiger partial charge on any atom is 0.238 e. The van der Waals surface area contributed by atoms with Crippen molar-refractivity contribution in [1.82, 2.24) is 4.98 Å².